The molecule has 148 valence electrons. The number of carbonyl (C=O) groups excluding carboxylic acids is 3. The summed E-state index contributed by atoms with van der Waals surface area (Å²) >= 11 is 0. The van der Waals surface area contributed by atoms with E-state index in [1.807, 2.05) is 0 Å². The number of hydrogen-bond acceptors (Lipinski definition) is 7. The Labute approximate surface area is 207 Å². The maximum absolute atomic E-state index is 11.3. The molecule has 1 unspecified atom stereocenters. The molecule has 0 bridgehead atoms. The summed E-state index contributed by atoms with van der Waals surface area (Å²) in [6.07, 6.45) is 9.74. The van der Waals surface area contributed by atoms with Crippen molar-refractivity contribution in [3.63, 3.8) is 0 Å². The van der Waals surface area contributed by atoms with Crippen molar-refractivity contribution < 1.29 is 88.8 Å². The van der Waals surface area contributed by atoms with Gasteiger partial charge >= 0.3 is 59.1 Å². The second-order valence-electron chi connectivity index (χ2n) is 6.04. The average molecular weight is 405 g/mol. The Kier molecular flexibility index (Phi) is 34.4. The number of carboxylic acids is 2. The van der Waals surface area contributed by atoms with Gasteiger partial charge in [0, 0.05) is 24.9 Å². The quantitative estimate of drug-likeness (QED) is 0.204. The van der Waals surface area contributed by atoms with Gasteiger partial charge < -0.3 is 30.6 Å². The molecule has 0 aliphatic carbocycles. The van der Waals surface area contributed by atoms with Crippen molar-refractivity contribution in [3.8, 4) is 0 Å². The number of hydrogen-bond donors (Lipinski definition) is 2. The van der Waals surface area contributed by atoms with Crippen LogP contribution in [0.3, 0.4) is 0 Å². The van der Waals surface area contributed by atoms with Gasteiger partial charge in [0.15, 0.2) is 5.78 Å². The number of aliphatic hydroxyl groups is 1. The summed E-state index contributed by atoms with van der Waals surface area (Å²) in [5.41, 5.74) is 5.21. The van der Waals surface area contributed by atoms with Gasteiger partial charge in [-0.2, -0.15) is 0 Å². The fourth-order valence-electron chi connectivity index (χ4n) is 2.11. The van der Waals surface area contributed by atoms with Crippen LogP contribution in [-0.2, 0) is 14.4 Å². The molecule has 9 heteroatoms. The van der Waals surface area contributed by atoms with Gasteiger partial charge in [0.25, 0.3) is 0 Å². The van der Waals surface area contributed by atoms with Crippen LogP contribution in [0.1, 0.15) is 84.0 Å². The van der Waals surface area contributed by atoms with E-state index in [9.17, 15) is 29.7 Å². The minimum absolute atomic E-state index is 0. The Hall–Kier alpha value is 0.530. The molecule has 0 aliphatic rings. The number of nitrogens with two attached hydrogens (primary N) is 1. The van der Waals surface area contributed by atoms with Crippen LogP contribution in [0.5, 0.6) is 0 Å². The molecule has 27 heavy (non-hydrogen) atoms. The van der Waals surface area contributed by atoms with Crippen LogP contribution in [-0.4, -0.2) is 35.5 Å². The zero-order valence-electron chi connectivity index (χ0n) is 17.3. The van der Waals surface area contributed by atoms with Crippen LogP contribution in [0.15, 0.2) is 0 Å². The minimum atomic E-state index is -1.37. The maximum Gasteiger partial charge on any atom is 1.00 e. The second-order valence-corrected chi connectivity index (χ2v) is 6.04. The molecule has 0 aromatic carbocycles. The van der Waals surface area contributed by atoms with E-state index in [1.54, 1.807) is 0 Å². The summed E-state index contributed by atoms with van der Waals surface area (Å²) in [7, 11) is 0. The number of rotatable bonds is 15. The first-order valence-corrected chi connectivity index (χ1v) is 9.15. The number of ketones is 1. The minimum Gasteiger partial charge on any atom is -0.550 e. The number of unbranched alkanes of at least 4 members (excludes halogenated alkanes) is 8. The molecule has 0 saturated heterocycles. The number of aliphatic hydroxyl groups excluding tert-OH is 1. The van der Waals surface area contributed by atoms with Crippen molar-refractivity contribution in [1.82, 2.24) is 0 Å². The molecular weight excluding hydrogens is 372 g/mol. The topological polar surface area (TPSA) is 144 Å². The Morgan fingerprint density at radius 1 is 0.778 bits per heavy atom. The number of carboxylic acid groups (broad SMARTS) is 2. The van der Waals surface area contributed by atoms with Crippen LogP contribution in [0.25, 0.3) is 0 Å². The number of Topliss-reactive ketones (excluding diaryl/α,β-unsaturated/α-hetero) is 1. The molecule has 7 nitrogen and oxygen atoms in total. The van der Waals surface area contributed by atoms with Gasteiger partial charge in [-0.25, -0.2) is 0 Å². The van der Waals surface area contributed by atoms with Gasteiger partial charge in [-0.05, 0) is 19.3 Å². The van der Waals surface area contributed by atoms with Crippen LogP contribution >= 0.6 is 0 Å². The summed E-state index contributed by atoms with van der Waals surface area (Å²) in [5.74, 6) is -2.83. The normalized spacial score (nSPS) is 10.5. The maximum atomic E-state index is 11.3. The number of aliphatic carboxylic acids is 2. The SMILES string of the molecule is CCCCCCCCCCCC(=O)C(O)CN.O=C([O-])CCC(=O)[O-].[Na+].[Na+]. The molecular formula is C18H33NNa2O6. The van der Waals surface area contributed by atoms with Crippen molar-refractivity contribution >= 4 is 17.7 Å². The molecule has 0 amide bonds. The predicted molar refractivity (Wildman–Crippen MR) is 91.2 cm³/mol. The second kappa shape index (κ2) is 26.5. The summed E-state index contributed by atoms with van der Waals surface area (Å²) in [5, 5.41) is 28.2. The van der Waals surface area contributed by atoms with Gasteiger partial charge in [-0.3, -0.25) is 4.79 Å². The van der Waals surface area contributed by atoms with Crippen molar-refractivity contribution in [3.05, 3.63) is 0 Å². The van der Waals surface area contributed by atoms with Gasteiger partial charge in [0.1, 0.15) is 6.10 Å². The standard InChI is InChI=1S/C14H29NO2.C4H6O4.2Na/c1-2-3-4-5-6-7-8-9-10-11-13(16)14(17)12-15;5-3(6)1-2-4(7)8;;/h14,17H,2-12,15H2,1H3;1-2H2,(H,5,6)(H,7,8);;/q;;2*+1/p-2. The van der Waals surface area contributed by atoms with Crippen LogP contribution in [0, 0.1) is 0 Å². The van der Waals surface area contributed by atoms with E-state index >= 15 is 0 Å². The zero-order valence-corrected chi connectivity index (χ0v) is 21.3. The van der Waals surface area contributed by atoms with Crippen LogP contribution < -0.4 is 75.1 Å². The molecule has 0 spiro atoms. The van der Waals surface area contributed by atoms with Gasteiger partial charge in [0.2, 0.25) is 0 Å². The van der Waals surface area contributed by atoms with Crippen molar-refractivity contribution in [1.29, 1.82) is 0 Å². The Morgan fingerprint density at radius 3 is 1.48 bits per heavy atom. The third-order valence-corrected chi connectivity index (χ3v) is 3.65. The smallest absolute Gasteiger partial charge is 0.550 e. The third-order valence-electron chi connectivity index (χ3n) is 3.65. The largest absolute Gasteiger partial charge is 1.00 e. The predicted octanol–water partition coefficient (Wildman–Crippen LogP) is -5.93. The molecule has 0 saturated carbocycles. The molecule has 0 radical (unpaired) electrons. The van der Waals surface area contributed by atoms with Gasteiger partial charge in [-0.1, -0.05) is 58.3 Å². The van der Waals surface area contributed by atoms with Crippen molar-refractivity contribution in [2.45, 2.75) is 90.1 Å². The van der Waals surface area contributed by atoms with E-state index in [0.717, 1.165) is 12.8 Å². The third kappa shape index (κ3) is 31.4. The van der Waals surface area contributed by atoms with Gasteiger partial charge in [0.05, 0.1) is 0 Å². The summed E-state index contributed by atoms with van der Waals surface area (Å²) in [6, 6.07) is 0. The molecule has 0 aliphatic heterocycles. The average Bonchev–Trinajstić information content (AvgIpc) is 2.58. The Bertz CT molecular complexity index is 356. The van der Waals surface area contributed by atoms with Crippen molar-refractivity contribution in [2.75, 3.05) is 6.54 Å². The molecule has 3 N–H and O–H groups in total. The molecule has 0 aromatic heterocycles. The van der Waals surface area contributed by atoms with E-state index in [2.05, 4.69) is 6.92 Å². The fourth-order valence-corrected chi connectivity index (χ4v) is 2.11. The zero-order chi connectivity index (χ0) is 19.5. The summed E-state index contributed by atoms with van der Waals surface area (Å²) < 4.78 is 0. The summed E-state index contributed by atoms with van der Waals surface area (Å²) in [6.45, 7) is 2.28. The van der Waals surface area contributed by atoms with Crippen LogP contribution in [0.4, 0.5) is 0 Å². The first-order chi connectivity index (χ1) is 11.8. The molecule has 0 rings (SSSR count). The number of carbonyl (C=O) groups is 3. The monoisotopic (exact) mass is 405 g/mol. The van der Waals surface area contributed by atoms with Crippen molar-refractivity contribution in [2.24, 2.45) is 5.73 Å². The Balaban J connectivity index is -0.000000226. The van der Waals surface area contributed by atoms with Crippen LogP contribution in [0.2, 0.25) is 0 Å². The molecule has 1 atom stereocenters. The van der Waals surface area contributed by atoms with Gasteiger partial charge in [-0.15, -0.1) is 0 Å². The molecule has 0 fully saturated rings. The first-order valence-electron chi connectivity index (χ1n) is 9.15. The Morgan fingerprint density at radius 2 is 1.15 bits per heavy atom. The molecule has 0 heterocycles. The first kappa shape index (κ1) is 35.0. The summed E-state index contributed by atoms with van der Waals surface area (Å²) in [4.78, 5) is 30.3. The van der Waals surface area contributed by atoms with E-state index in [1.165, 1.54) is 44.9 Å². The van der Waals surface area contributed by atoms with E-state index in [4.69, 9.17) is 5.73 Å². The molecule has 0 aromatic rings. The fraction of sp³-hybridized carbons (Fsp3) is 0.833. The van der Waals surface area contributed by atoms with E-state index in [0.29, 0.717) is 6.42 Å². The van der Waals surface area contributed by atoms with E-state index in [-0.39, 0.29) is 71.4 Å². The van der Waals surface area contributed by atoms with E-state index < -0.39 is 30.9 Å².